The molecule has 22 heavy (non-hydrogen) atoms. The van der Waals surface area contributed by atoms with E-state index in [1.54, 1.807) is 0 Å². The van der Waals surface area contributed by atoms with Crippen molar-refractivity contribution in [3.05, 3.63) is 0 Å². The molecule has 1 aliphatic rings. The number of hydrogen-bond acceptors (Lipinski definition) is 4. The Kier molecular flexibility index (Phi) is 7.91. The molecule has 0 aromatic rings. The summed E-state index contributed by atoms with van der Waals surface area (Å²) in [5, 5.41) is 0. The molecule has 1 rings (SSSR count). The summed E-state index contributed by atoms with van der Waals surface area (Å²) in [6.45, 7) is 10.3. The van der Waals surface area contributed by atoms with Crippen molar-refractivity contribution < 1.29 is 19.1 Å². The minimum absolute atomic E-state index is 0.0548. The van der Waals surface area contributed by atoms with E-state index in [9.17, 15) is 9.59 Å². The van der Waals surface area contributed by atoms with Crippen LogP contribution in [0.2, 0.25) is 0 Å². The van der Waals surface area contributed by atoms with E-state index >= 15 is 0 Å². The summed E-state index contributed by atoms with van der Waals surface area (Å²) in [4.78, 5) is 23.5. The van der Waals surface area contributed by atoms with Crippen molar-refractivity contribution in [1.82, 2.24) is 0 Å². The van der Waals surface area contributed by atoms with E-state index in [1.807, 2.05) is 20.8 Å². The summed E-state index contributed by atoms with van der Waals surface area (Å²) in [5.74, 6) is 1.14. The van der Waals surface area contributed by atoms with E-state index in [0.717, 1.165) is 12.8 Å². The van der Waals surface area contributed by atoms with Crippen LogP contribution in [-0.4, -0.2) is 24.1 Å². The van der Waals surface area contributed by atoms with Gasteiger partial charge >= 0.3 is 11.9 Å². The number of esters is 2. The molecule has 3 unspecified atom stereocenters. The molecule has 0 aliphatic heterocycles. The van der Waals surface area contributed by atoms with E-state index in [-0.39, 0.29) is 30.6 Å². The molecule has 1 saturated carbocycles. The minimum Gasteiger partial charge on any atom is -0.462 e. The first kappa shape index (κ1) is 19.0. The van der Waals surface area contributed by atoms with Crippen molar-refractivity contribution in [1.29, 1.82) is 0 Å². The molecular formula is C18H32O4. The molecule has 128 valence electrons. The molecule has 0 aromatic carbocycles. The fraction of sp³-hybridized carbons (Fsp3) is 0.889. The first-order chi connectivity index (χ1) is 10.3. The number of carbonyl (C=O) groups is 2. The Labute approximate surface area is 134 Å². The van der Waals surface area contributed by atoms with Crippen molar-refractivity contribution in [3.63, 3.8) is 0 Å². The highest BCUT2D eigenvalue weighted by molar-refractivity contribution is 5.72. The highest BCUT2D eigenvalue weighted by Crippen LogP contribution is 2.30. The summed E-state index contributed by atoms with van der Waals surface area (Å²) in [6.07, 6.45) is 4.19. The van der Waals surface area contributed by atoms with Crippen molar-refractivity contribution in [2.75, 3.05) is 0 Å². The van der Waals surface area contributed by atoms with Crippen LogP contribution in [0.25, 0.3) is 0 Å². The van der Waals surface area contributed by atoms with Gasteiger partial charge in [-0.3, -0.25) is 9.59 Å². The van der Waals surface area contributed by atoms with Gasteiger partial charge in [-0.25, -0.2) is 0 Å². The van der Waals surface area contributed by atoms with Crippen LogP contribution in [0.3, 0.4) is 0 Å². The van der Waals surface area contributed by atoms with Crippen molar-refractivity contribution >= 4 is 11.9 Å². The van der Waals surface area contributed by atoms with Crippen LogP contribution in [-0.2, 0) is 19.1 Å². The predicted molar refractivity (Wildman–Crippen MR) is 86.3 cm³/mol. The lowest BCUT2D eigenvalue weighted by Crippen LogP contribution is -2.28. The summed E-state index contributed by atoms with van der Waals surface area (Å²) in [7, 11) is 0. The standard InChI is InChI=1S/C18H32O4/c1-12(2)15(5)21-17(19)7-6-8-18(20)22-16-10-13(3)9-14(4)11-16/h12-16H,6-11H2,1-5H3. The highest BCUT2D eigenvalue weighted by atomic mass is 16.5. The minimum atomic E-state index is -0.228. The predicted octanol–water partition coefficient (Wildman–Crippen LogP) is 4.11. The van der Waals surface area contributed by atoms with Gasteiger partial charge in [0, 0.05) is 12.8 Å². The van der Waals surface area contributed by atoms with E-state index in [0.29, 0.717) is 30.6 Å². The van der Waals surface area contributed by atoms with E-state index in [2.05, 4.69) is 13.8 Å². The number of rotatable bonds is 7. The third-order valence-electron chi connectivity index (χ3n) is 4.45. The average molecular weight is 312 g/mol. The third-order valence-corrected chi connectivity index (χ3v) is 4.45. The van der Waals surface area contributed by atoms with Gasteiger partial charge in [0.1, 0.15) is 12.2 Å². The molecule has 0 heterocycles. The molecule has 1 fully saturated rings. The smallest absolute Gasteiger partial charge is 0.306 e. The maximum atomic E-state index is 11.9. The van der Waals surface area contributed by atoms with Gasteiger partial charge in [0.15, 0.2) is 0 Å². The van der Waals surface area contributed by atoms with Gasteiger partial charge in [-0.2, -0.15) is 0 Å². The van der Waals surface area contributed by atoms with Crippen LogP contribution in [0.4, 0.5) is 0 Å². The van der Waals surface area contributed by atoms with Crippen LogP contribution < -0.4 is 0 Å². The largest absolute Gasteiger partial charge is 0.462 e. The first-order valence-corrected chi connectivity index (χ1v) is 8.66. The summed E-state index contributed by atoms with van der Waals surface area (Å²) >= 11 is 0. The van der Waals surface area contributed by atoms with E-state index < -0.39 is 0 Å². The molecule has 0 saturated heterocycles. The van der Waals surface area contributed by atoms with Crippen molar-refractivity contribution in [3.8, 4) is 0 Å². The Morgan fingerprint density at radius 1 is 0.955 bits per heavy atom. The van der Waals surface area contributed by atoms with Crippen LogP contribution in [0.15, 0.2) is 0 Å². The topological polar surface area (TPSA) is 52.6 Å². The lowest BCUT2D eigenvalue weighted by atomic mass is 9.82. The summed E-state index contributed by atoms with van der Waals surface area (Å²) < 4.78 is 10.8. The van der Waals surface area contributed by atoms with Crippen LogP contribution in [0.1, 0.15) is 73.1 Å². The van der Waals surface area contributed by atoms with Crippen molar-refractivity contribution in [2.24, 2.45) is 17.8 Å². The van der Waals surface area contributed by atoms with E-state index in [4.69, 9.17) is 9.47 Å². The van der Waals surface area contributed by atoms with Crippen molar-refractivity contribution in [2.45, 2.75) is 85.4 Å². The van der Waals surface area contributed by atoms with E-state index in [1.165, 1.54) is 6.42 Å². The number of carbonyl (C=O) groups excluding carboxylic acids is 2. The second kappa shape index (κ2) is 9.16. The maximum Gasteiger partial charge on any atom is 0.306 e. The Bertz CT molecular complexity index is 354. The van der Waals surface area contributed by atoms with Gasteiger partial charge < -0.3 is 9.47 Å². The zero-order valence-electron chi connectivity index (χ0n) is 14.8. The fourth-order valence-corrected chi connectivity index (χ4v) is 2.99. The molecule has 0 bridgehead atoms. The molecular weight excluding hydrogens is 280 g/mol. The monoisotopic (exact) mass is 312 g/mol. The van der Waals surface area contributed by atoms with Gasteiger partial charge in [-0.15, -0.1) is 0 Å². The van der Waals surface area contributed by atoms with Crippen LogP contribution >= 0.6 is 0 Å². The fourth-order valence-electron chi connectivity index (χ4n) is 2.99. The zero-order valence-corrected chi connectivity index (χ0v) is 14.8. The quantitative estimate of drug-likeness (QED) is 0.664. The van der Waals surface area contributed by atoms with Gasteiger partial charge in [-0.05, 0) is 50.4 Å². The number of ether oxygens (including phenoxy) is 2. The Morgan fingerprint density at radius 3 is 2.05 bits per heavy atom. The van der Waals surface area contributed by atoms with Gasteiger partial charge in [0.2, 0.25) is 0 Å². The second-order valence-electron chi connectivity index (χ2n) is 7.32. The van der Waals surface area contributed by atoms with Crippen LogP contribution in [0, 0.1) is 17.8 Å². The molecule has 0 N–H and O–H groups in total. The average Bonchev–Trinajstić information content (AvgIpc) is 2.36. The molecule has 4 heteroatoms. The Morgan fingerprint density at radius 2 is 1.50 bits per heavy atom. The maximum absolute atomic E-state index is 11.9. The summed E-state index contributed by atoms with van der Waals surface area (Å²) in [5.41, 5.74) is 0. The lowest BCUT2D eigenvalue weighted by Gasteiger charge is -2.31. The third kappa shape index (κ3) is 7.28. The molecule has 4 nitrogen and oxygen atoms in total. The zero-order chi connectivity index (χ0) is 16.7. The van der Waals surface area contributed by atoms with Crippen LogP contribution in [0.5, 0.6) is 0 Å². The summed E-state index contributed by atoms with van der Waals surface area (Å²) in [6, 6.07) is 0. The molecule has 3 atom stereocenters. The molecule has 0 spiro atoms. The molecule has 1 aliphatic carbocycles. The molecule has 0 aromatic heterocycles. The Hall–Kier alpha value is -1.06. The second-order valence-corrected chi connectivity index (χ2v) is 7.32. The highest BCUT2D eigenvalue weighted by Gasteiger charge is 2.26. The molecule has 0 radical (unpaired) electrons. The SMILES string of the molecule is CC1CC(C)CC(OC(=O)CCCC(=O)OC(C)C(C)C)C1. The molecule has 0 amide bonds. The normalized spacial score (nSPS) is 26.5. The van der Waals surface area contributed by atoms with Gasteiger partial charge in [0.25, 0.3) is 0 Å². The first-order valence-electron chi connectivity index (χ1n) is 8.66. The number of hydrogen-bond donors (Lipinski definition) is 0. The Balaban J connectivity index is 2.19. The van der Waals surface area contributed by atoms with Gasteiger partial charge in [-0.1, -0.05) is 27.7 Å². The lowest BCUT2D eigenvalue weighted by molar-refractivity contribution is -0.153. The van der Waals surface area contributed by atoms with Gasteiger partial charge in [0.05, 0.1) is 0 Å².